The molecule has 24 heavy (non-hydrogen) atoms. The highest BCUT2D eigenvalue weighted by molar-refractivity contribution is 5.95. The van der Waals surface area contributed by atoms with Crippen LogP contribution < -0.4 is 5.56 Å². The topological polar surface area (TPSA) is 66.1 Å². The monoisotopic (exact) mass is 325 g/mol. The van der Waals surface area contributed by atoms with Gasteiger partial charge < -0.3 is 4.90 Å². The summed E-state index contributed by atoms with van der Waals surface area (Å²) < 4.78 is 0. The Balaban J connectivity index is 1.66. The van der Waals surface area contributed by atoms with Gasteiger partial charge in [-0.2, -0.15) is 5.10 Å². The van der Waals surface area contributed by atoms with Gasteiger partial charge in [0.15, 0.2) is 0 Å². The summed E-state index contributed by atoms with van der Waals surface area (Å²) >= 11 is 0. The number of benzene rings is 1. The highest BCUT2D eigenvalue weighted by Crippen LogP contribution is 2.23. The molecule has 1 aliphatic rings. The number of piperidine rings is 1. The molecule has 0 bridgehead atoms. The molecule has 0 aliphatic carbocycles. The zero-order valence-electron chi connectivity index (χ0n) is 14.2. The first-order valence-electron chi connectivity index (χ1n) is 8.45. The number of nitrogens with one attached hydrogen (secondary N) is 1. The summed E-state index contributed by atoms with van der Waals surface area (Å²) in [5.41, 5.74) is 2.56. The quantitative estimate of drug-likeness (QED) is 0.943. The lowest BCUT2D eigenvalue weighted by molar-refractivity contribution is 0.0687. The second kappa shape index (κ2) is 6.99. The maximum absolute atomic E-state index is 12.7. The molecule has 0 saturated carbocycles. The number of aromatic amines is 1. The number of nitrogens with zero attached hydrogens (tertiary/aromatic N) is 2. The molecule has 2 aromatic rings. The van der Waals surface area contributed by atoms with Gasteiger partial charge in [0, 0.05) is 13.1 Å². The molecule has 1 N–H and O–H groups in total. The van der Waals surface area contributed by atoms with Crippen LogP contribution in [0.5, 0.6) is 0 Å². The predicted octanol–water partition coefficient (Wildman–Crippen LogP) is 2.48. The van der Waals surface area contributed by atoms with Crippen molar-refractivity contribution >= 4 is 5.91 Å². The van der Waals surface area contributed by atoms with Gasteiger partial charge in [-0.15, -0.1) is 0 Å². The predicted molar refractivity (Wildman–Crippen MR) is 93.1 cm³/mol. The lowest BCUT2D eigenvalue weighted by atomic mass is 9.90. The van der Waals surface area contributed by atoms with Crippen molar-refractivity contribution in [2.45, 2.75) is 33.1 Å². The van der Waals surface area contributed by atoms with Gasteiger partial charge in [-0.1, -0.05) is 30.3 Å². The minimum Gasteiger partial charge on any atom is -0.338 e. The van der Waals surface area contributed by atoms with Crippen molar-refractivity contribution in [3.05, 3.63) is 63.1 Å². The Morgan fingerprint density at radius 1 is 1.21 bits per heavy atom. The van der Waals surface area contributed by atoms with Gasteiger partial charge in [0.2, 0.25) is 0 Å². The first-order valence-corrected chi connectivity index (χ1v) is 8.45. The minimum atomic E-state index is -0.394. The molecule has 5 nitrogen and oxygen atoms in total. The number of amides is 1. The fourth-order valence-corrected chi connectivity index (χ4v) is 3.33. The molecule has 5 heteroatoms. The molecule has 1 fully saturated rings. The molecule has 1 aliphatic heterocycles. The van der Waals surface area contributed by atoms with Crippen molar-refractivity contribution < 1.29 is 4.79 Å². The Morgan fingerprint density at radius 3 is 2.54 bits per heavy atom. The van der Waals surface area contributed by atoms with Gasteiger partial charge in [-0.3, -0.25) is 9.59 Å². The van der Waals surface area contributed by atoms with Gasteiger partial charge in [0.1, 0.15) is 5.56 Å². The molecule has 3 rings (SSSR count). The van der Waals surface area contributed by atoms with Gasteiger partial charge >= 0.3 is 0 Å². The van der Waals surface area contributed by atoms with Crippen molar-refractivity contribution in [1.29, 1.82) is 0 Å². The summed E-state index contributed by atoms with van der Waals surface area (Å²) in [5, 5.41) is 6.33. The number of hydrogen-bond donors (Lipinski definition) is 1. The Bertz CT molecular complexity index is 775. The van der Waals surface area contributed by atoms with Crippen LogP contribution in [0.3, 0.4) is 0 Å². The number of carbonyl (C=O) groups is 1. The summed E-state index contributed by atoms with van der Waals surface area (Å²) in [6.45, 7) is 4.99. The second-order valence-corrected chi connectivity index (χ2v) is 6.56. The zero-order valence-corrected chi connectivity index (χ0v) is 14.2. The Kier molecular flexibility index (Phi) is 4.79. The van der Waals surface area contributed by atoms with E-state index in [1.807, 2.05) is 6.07 Å². The Morgan fingerprint density at radius 2 is 1.88 bits per heavy atom. The van der Waals surface area contributed by atoms with E-state index >= 15 is 0 Å². The van der Waals surface area contributed by atoms with Gasteiger partial charge in [-0.05, 0) is 50.2 Å². The van der Waals surface area contributed by atoms with E-state index in [1.54, 1.807) is 18.7 Å². The first kappa shape index (κ1) is 16.4. The summed E-state index contributed by atoms with van der Waals surface area (Å²) in [5.74, 6) is 0.424. The Labute approximate surface area is 141 Å². The lowest BCUT2D eigenvalue weighted by Gasteiger charge is -2.32. The van der Waals surface area contributed by atoms with E-state index in [2.05, 4.69) is 34.5 Å². The van der Waals surface area contributed by atoms with Crippen molar-refractivity contribution in [2.75, 3.05) is 13.1 Å². The Hall–Kier alpha value is -2.43. The van der Waals surface area contributed by atoms with E-state index in [1.165, 1.54) is 5.56 Å². The number of rotatable bonds is 3. The molecule has 1 amide bonds. The zero-order chi connectivity index (χ0) is 17.1. The summed E-state index contributed by atoms with van der Waals surface area (Å²) in [6.07, 6.45) is 3.00. The maximum Gasteiger partial charge on any atom is 0.277 e. The van der Waals surface area contributed by atoms with E-state index in [4.69, 9.17) is 0 Å². The minimum absolute atomic E-state index is 0.169. The molecule has 1 saturated heterocycles. The molecule has 1 aromatic heterocycles. The number of aromatic nitrogens is 2. The molecule has 0 spiro atoms. The van der Waals surface area contributed by atoms with Crippen LogP contribution in [-0.4, -0.2) is 34.1 Å². The highest BCUT2D eigenvalue weighted by atomic mass is 16.2. The molecule has 1 aromatic carbocycles. The van der Waals surface area contributed by atoms with Crippen LogP contribution in [0.1, 0.15) is 40.0 Å². The smallest absolute Gasteiger partial charge is 0.277 e. The van der Waals surface area contributed by atoms with E-state index in [0.717, 1.165) is 19.3 Å². The van der Waals surface area contributed by atoms with Crippen molar-refractivity contribution in [1.82, 2.24) is 15.1 Å². The fourth-order valence-electron chi connectivity index (χ4n) is 3.33. The maximum atomic E-state index is 12.7. The van der Waals surface area contributed by atoms with Crippen molar-refractivity contribution in [3.8, 4) is 0 Å². The number of hydrogen-bond acceptors (Lipinski definition) is 3. The molecule has 0 radical (unpaired) electrons. The summed E-state index contributed by atoms with van der Waals surface area (Å²) in [7, 11) is 0. The third-order valence-electron chi connectivity index (χ3n) is 4.95. The number of H-pyrrole nitrogens is 1. The van der Waals surface area contributed by atoms with Crippen LogP contribution in [-0.2, 0) is 6.42 Å². The van der Waals surface area contributed by atoms with E-state index in [0.29, 0.717) is 30.3 Å². The molecule has 126 valence electrons. The molecular formula is C19H23N3O2. The fraction of sp³-hybridized carbons (Fsp3) is 0.421. The third-order valence-corrected chi connectivity index (χ3v) is 4.95. The normalized spacial score (nSPS) is 15.5. The van der Waals surface area contributed by atoms with Crippen LogP contribution in [0.4, 0.5) is 0 Å². The van der Waals surface area contributed by atoms with Crippen molar-refractivity contribution in [2.24, 2.45) is 5.92 Å². The molecule has 0 unspecified atom stereocenters. The average Bonchev–Trinajstić information content (AvgIpc) is 2.60. The van der Waals surface area contributed by atoms with Crippen molar-refractivity contribution in [3.63, 3.8) is 0 Å². The van der Waals surface area contributed by atoms with Crippen LogP contribution in [0.2, 0.25) is 0 Å². The summed E-state index contributed by atoms with van der Waals surface area (Å²) in [6, 6.07) is 10.5. The molecular weight excluding hydrogens is 302 g/mol. The highest BCUT2D eigenvalue weighted by Gasteiger charge is 2.26. The van der Waals surface area contributed by atoms with E-state index in [-0.39, 0.29) is 11.5 Å². The largest absolute Gasteiger partial charge is 0.338 e. The van der Waals surface area contributed by atoms with Crippen LogP contribution >= 0.6 is 0 Å². The first-order chi connectivity index (χ1) is 11.6. The average molecular weight is 325 g/mol. The SMILES string of the molecule is Cc1n[nH]c(=O)c(C(=O)N2CCC(Cc3ccccc3)CC2)c1C. The molecule has 0 atom stereocenters. The summed E-state index contributed by atoms with van der Waals surface area (Å²) in [4.78, 5) is 26.6. The van der Waals surface area contributed by atoms with E-state index in [9.17, 15) is 9.59 Å². The number of aryl methyl sites for hydroxylation is 1. The van der Waals surface area contributed by atoms with Crippen LogP contribution in [0.25, 0.3) is 0 Å². The number of carbonyl (C=O) groups excluding carboxylic acids is 1. The number of likely N-dealkylation sites (tertiary alicyclic amines) is 1. The van der Waals surface area contributed by atoms with Crippen LogP contribution in [0, 0.1) is 19.8 Å². The lowest BCUT2D eigenvalue weighted by Crippen LogP contribution is -2.41. The molecule has 2 heterocycles. The van der Waals surface area contributed by atoms with Gasteiger partial charge in [0.05, 0.1) is 5.69 Å². The van der Waals surface area contributed by atoms with E-state index < -0.39 is 5.56 Å². The standard InChI is InChI=1S/C19H23N3O2/c1-13-14(2)20-21-18(23)17(13)19(24)22-10-8-16(9-11-22)12-15-6-4-3-5-7-15/h3-7,16H,8-12H2,1-2H3,(H,21,23). The van der Waals surface area contributed by atoms with Gasteiger partial charge in [0.25, 0.3) is 11.5 Å². The van der Waals surface area contributed by atoms with Gasteiger partial charge in [-0.25, -0.2) is 5.10 Å². The van der Waals surface area contributed by atoms with Crippen LogP contribution in [0.15, 0.2) is 35.1 Å². The second-order valence-electron chi connectivity index (χ2n) is 6.56. The third kappa shape index (κ3) is 3.40.